The van der Waals surface area contributed by atoms with Gasteiger partial charge in [-0.05, 0) is 48.4 Å². The van der Waals surface area contributed by atoms with Gasteiger partial charge in [0.15, 0.2) is 0 Å². The highest BCUT2D eigenvalue weighted by Gasteiger charge is 2.34. The van der Waals surface area contributed by atoms with Gasteiger partial charge in [-0.1, -0.05) is 20.8 Å². The quantitative estimate of drug-likeness (QED) is 0.843. The van der Waals surface area contributed by atoms with Gasteiger partial charge in [0.1, 0.15) is 5.75 Å². The van der Waals surface area contributed by atoms with Gasteiger partial charge in [0, 0.05) is 18.7 Å². The maximum Gasteiger partial charge on any atom is 0.253 e. The second-order valence-corrected chi connectivity index (χ2v) is 6.60. The lowest BCUT2D eigenvalue weighted by Crippen LogP contribution is -2.31. The van der Waals surface area contributed by atoms with Crippen LogP contribution in [0, 0.1) is 18.3 Å². The Morgan fingerprint density at radius 1 is 1.37 bits per heavy atom. The molecular formula is C16H23NO2. The minimum Gasteiger partial charge on any atom is -0.508 e. The van der Waals surface area contributed by atoms with E-state index in [9.17, 15) is 9.90 Å². The van der Waals surface area contributed by atoms with Crippen LogP contribution in [0.15, 0.2) is 18.2 Å². The number of carbonyl (C=O) groups excluding carboxylic acids is 1. The van der Waals surface area contributed by atoms with Crippen LogP contribution in [-0.2, 0) is 0 Å². The molecule has 3 heteroatoms. The van der Waals surface area contributed by atoms with Crippen LogP contribution in [0.25, 0.3) is 0 Å². The fourth-order valence-electron chi connectivity index (χ4n) is 2.62. The van der Waals surface area contributed by atoms with E-state index in [1.807, 2.05) is 11.8 Å². The van der Waals surface area contributed by atoms with Crippen LogP contribution in [0.3, 0.4) is 0 Å². The van der Waals surface area contributed by atoms with Crippen LogP contribution in [0.2, 0.25) is 0 Å². The van der Waals surface area contributed by atoms with Gasteiger partial charge in [0.05, 0.1) is 0 Å². The summed E-state index contributed by atoms with van der Waals surface area (Å²) in [6, 6.07) is 5.07. The Hall–Kier alpha value is -1.51. The van der Waals surface area contributed by atoms with E-state index in [-0.39, 0.29) is 17.1 Å². The van der Waals surface area contributed by atoms with Crippen molar-refractivity contribution in [2.75, 3.05) is 13.1 Å². The minimum atomic E-state index is 0.0786. The van der Waals surface area contributed by atoms with E-state index in [0.717, 1.165) is 25.1 Å². The SMILES string of the molecule is Cc1cc(C(=O)N2CCC(C(C)(C)C)C2)ccc1O. The molecular weight excluding hydrogens is 238 g/mol. The molecule has 0 saturated carbocycles. The average molecular weight is 261 g/mol. The van der Waals surface area contributed by atoms with Crippen molar-refractivity contribution in [2.24, 2.45) is 11.3 Å². The molecule has 1 aromatic carbocycles. The van der Waals surface area contributed by atoms with E-state index in [0.29, 0.717) is 11.5 Å². The predicted molar refractivity (Wildman–Crippen MR) is 76.3 cm³/mol. The zero-order valence-corrected chi connectivity index (χ0v) is 12.2. The molecule has 1 fully saturated rings. The fourth-order valence-corrected chi connectivity index (χ4v) is 2.62. The molecule has 1 N–H and O–H groups in total. The number of hydrogen-bond donors (Lipinski definition) is 1. The van der Waals surface area contributed by atoms with Crippen molar-refractivity contribution in [3.05, 3.63) is 29.3 Å². The molecule has 1 saturated heterocycles. The van der Waals surface area contributed by atoms with Gasteiger partial charge >= 0.3 is 0 Å². The number of benzene rings is 1. The zero-order valence-electron chi connectivity index (χ0n) is 12.2. The van der Waals surface area contributed by atoms with Crippen molar-refractivity contribution in [1.29, 1.82) is 0 Å². The number of nitrogens with zero attached hydrogens (tertiary/aromatic N) is 1. The molecule has 1 heterocycles. The van der Waals surface area contributed by atoms with Crippen LogP contribution in [-0.4, -0.2) is 29.0 Å². The van der Waals surface area contributed by atoms with Crippen molar-refractivity contribution >= 4 is 5.91 Å². The van der Waals surface area contributed by atoms with Crippen LogP contribution >= 0.6 is 0 Å². The van der Waals surface area contributed by atoms with E-state index < -0.39 is 0 Å². The number of carbonyl (C=O) groups is 1. The lowest BCUT2D eigenvalue weighted by Gasteiger charge is -2.27. The molecule has 0 aromatic heterocycles. The molecule has 1 amide bonds. The number of phenolic OH excluding ortho intramolecular Hbond substituents is 1. The predicted octanol–water partition coefficient (Wildman–Crippen LogP) is 3.21. The normalized spacial score (nSPS) is 19.8. The van der Waals surface area contributed by atoms with Crippen LogP contribution in [0.5, 0.6) is 5.75 Å². The highest BCUT2D eigenvalue weighted by Crippen LogP contribution is 2.34. The number of aryl methyl sites for hydroxylation is 1. The average Bonchev–Trinajstić information content (AvgIpc) is 2.81. The molecule has 0 radical (unpaired) electrons. The number of likely N-dealkylation sites (tertiary alicyclic amines) is 1. The van der Waals surface area contributed by atoms with Crippen molar-refractivity contribution in [3.63, 3.8) is 0 Å². The van der Waals surface area contributed by atoms with Crippen molar-refractivity contribution < 1.29 is 9.90 Å². The molecule has 19 heavy (non-hydrogen) atoms. The van der Waals surface area contributed by atoms with Gasteiger partial charge in [0.25, 0.3) is 5.91 Å². The third-order valence-corrected chi connectivity index (χ3v) is 4.14. The molecule has 104 valence electrons. The van der Waals surface area contributed by atoms with E-state index in [2.05, 4.69) is 20.8 Å². The Bertz CT molecular complexity index is 488. The summed E-state index contributed by atoms with van der Waals surface area (Å²) in [6.07, 6.45) is 1.08. The highest BCUT2D eigenvalue weighted by molar-refractivity contribution is 5.94. The van der Waals surface area contributed by atoms with E-state index in [1.54, 1.807) is 18.2 Å². The Labute approximate surface area is 115 Å². The monoisotopic (exact) mass is 261 g/mol. The first-order valence-electron chi connectivity index (χ1n) is 6.88. The molecule has 2 rings (SSSR count). The summed E-state index contributed by atoms with van der Waals surface area (Å²) >= 11 is 0. The molecule has 1 atom stereocenters. The maximum atomic E-state index is 12.4. The second-order valence-electron chi connectivity index (χ2n) is 6.60. The number of rotatable bonds is 1. The number of aromatic hydroxyl groups is 1. The second kappa shape index (κ2) is 4.87. The van der Waals surface area contributed by atoms with Crippen molar-refractivity contribution in [3.8, 4) is 5.75 Å². The summed E-state index contributed by atoms with van der Waals surface area (Å²) < 4.78 is 0. The third-order valence-electron chi connectivity index (χ3n) is 4.14. The van der Waals surface area contributed by atoms with Crippen molar-refractivity contribution in [1.82, 2.24) is 4.90 Å². The minimum absolute atomic E-state index is 0.0786. The van der Waals surface area contributed by atoms with E-state index in [4.69, 9.17) is 0 Å². The summed E-state index contributed by atoms with van der Waals surface area (Å²) in [7, 11) is 0. The molecule has 1 aliphatic rings. The lowest BCUT2D eigenvalue weighted by atomic mass is 9.80. The summed E-state index contributed by atoms with van der Waals surface area (Å²) in [5, 5.41) is 9.51. The molecule has 3 nitrogen and oxygen atoms in total. The van der Waals surface area contributed by atoms with Gasteiger partial charge < -0.3 is 10.0 Å². The first-order chi connectivity index (χ1) is 8.79. The van der Waals surface area contributed by atoms with Crippen LogP contribution < -0.4 is 0 Å². The molecule has 1 unspecified atom stereocenters. The fraction of sp³-hybridized carbons (Fsp3) is 0.562. The smallest absolute Gasteiger partial charge is 0.253 e. The Balaban J connectivity index is 2.11. The lowest BCUT2D eigenvalue weighted by molar-refractivity contribution is 0.0776. The summed E-state index contributed by atoms with van der Waals surface area (Å²) in [4.78, 5) is 14.4. The topological polar surface area (TPSA) is 40.5 Å². The largest absolute Gasteiger partial charge is 0.508 e. The van der Waals surface area contributed by atoms with Gasteiger partial charge in [-0.2, -0.15) is 0 Å². The first-order valence-corrected chi connectivity index (χ1v) is 6.88. The molecule has 0 bridgehead atoms. The van der Waals surface area contributed by atoms with Gasteiger partial charge in [-0.25, -0.2) is 0 Å². The third kappa shape index (κ3) is 2.91. The highest BCUT2D eigenvalue weighted by atomic mass is 16.3. The van der Waals surface area contributed by atoms with Gasteiger partial charge in [0.2, 0.25) is 0 Å². The molecule has 1 aliphatic heterocycles. The first kappa shape index (κ1) is 13.9. The zero-order chi connectivity index (χ0) is 14.2. The standard InChI is InChI=1S/C16H23NO2/c1-11-9-12(5-6-14(11)18)15(19)17-8-7-13(10-17)16(2,3)4/h5-6,9,13,18H,7-8,10H2,1-4H3. The maximum absolute atomic E-state index is 12.4. The molecule has 0 aliphatic carbocycles. The van der Waals surface area contributed by atoms with Gasteiger partial charge in [-0.3, -0.25) is 4.79 Å². The Kier molecular flexibility index (Phi) is 3.57. The number of hydrogen-bond acceptors (Lipinski definition) is 2. The van der Waals surface area contributed by atoms with Crippen LogP contribution in [0.1, 0.15) is 43.1 Å². The number of amides is 1. The summed E-state index contributed by atoms with van der Waals surface area (Å²) in [6.45, 7) is 10.2. The Morgan fingerprint density at radius 2 is 2.05 bits per heavy atom. The number of phenols is 1. The summed E-state index contributed by atoms with van der Waals surface area (Å²) in [5.41, 5.74) is 1.67. The van der Waals surface area contributed by atoms with Crippen molar-refractivity contribution in [2.45, 2.75) is 34.1 Å². The van der Waals surface area contributed by atoms with E-state index >= 15 is 0 Å². The summed E-state index contributed by atoms with van der Waals surface area (Å²) in [5.74, 6) is 0.884. The Morgan fingerprint density at radius 3 is 2.58 bits per heavy atom. The van der Waals surface area contributed by atoms with E-state index in [1.165, 1.54) is 0 Å². The van der Waals surface area contributed by atoms with Crippen LogP contribution in [0.4, 0.5) is 0 Å². The molecule has 0 spiro atoms. The molecule has 1 aromatic rings. The van der Waals surface area contributed by atoms with Gasteiger partial charge in [-0.15, -0.1) is 0 Å².